The van der Waals surface area contributed by atoms with E-state index < -0.39 is 22.0 Å². The lowest BCUT2D eigenvalue weighted by molar-refractivity contribution is -0.122. The SMILES string of the molecule is CC[C@H](C)NC(=O)c1ccccc1NC(=O)[C@H](C)Oc1ccc(N(C)S(C)(=O)=O)cc1. The number of benzene rings is 2. The molecule has 168 valence electrons. The second-order valence-electron chi connectivity index (χ2n) is 7.30. The molecule has 2 rings (SSSR count). The highest BCUT2D eigenvalue weighted by molar-refractivity contribution is 7.92. The molecule has 0 aromatic heterocycles. The quantitative estimate of drug-likeness (QED) is 0.615. The van der Waals surface area contributed by atoms with E-state index in [9.17, 15) is 18.0 Å². The van der Waals surface area contributed by atoms with Crippen LogP contribution in [0.5, 0.6) is 5.75 Å². The van der Waals surface area contributed by atoms with Crippen molar-refractivity contribution in [2.45, 2.75) is 39.3 Å². The average molecular weight is 448 g/mol. The summed E-state index contributed by atoms with van der Waals surface area (Å²) in [6.45, 7) is 5.48. The lowest BCUT2D eigenvalue weighted by atomic mass is 10.1. The number of para-hydroxylation sites is 1. The number of anilines is 2. The first-order chi connectivity index (χ1) is 14.5. The summed E-state index contributed by atoms with van der Waals surface area (Å²) >= 11 is 0. The Kier molecular flexibility index (Phi) is 8.04. The van der Waals surface area contributed by atoms with Crippen molar-refractivity contribution in [3.63, 3.8) is 0 Å². The molecule has 0 aliphatic heterocycles. The molecule has 0 unspecified atom stereocenters. The highest BCUT2D eigenvalue weighted by Crippen LogP contribution is 2.22. The van der Waals surface area contributed by atoms with E-state index in [-0.39, 0.29) is 11.9 Å². The Morgan fingerprint density at radius 2 is 1.68 bits per heavy atom. The van der Waals surface area contributed by atoms with Crippen LogP contribution in [0.25, 0.3) is 0 Å². The van der Waals surface area contributed by atoms with E-state index in [1.807, 2.05) is 13.8 Å². The van der Waals surface area contributed by atoms with Gasteiger partial charge in [0.1, 0.15) is 5.75 Å². The van der Waals surface area contributed by atoms with Crippen LogP contribution in [0.4, 0.5) is 11.4 Å². The summed E-state index contributed by atoms with van der Waals surface area (Å²) in [4.78, 5) is 25.1. The predicted octanol–water partition coefficient (Wildman–Crippen LogP) is 3.02. The van der Waals surface area contributed by atoms with Crippen LogP contribution in [0.2, 0.25) is 0 Å². The van der Waals surface area contributed by atoms with Gasteiger partial charge in [-0.05, 0) is 56.7 Å². The molecule has 0 saturated carbocycles. The van der Waals surface area contributed by atoms with Crippen LogP contribution in [-0.4, -0.2) is 45.7 Å². The van der Waals surface area contributed by atoms with Gasteiger partial charge in [-0.1, -0.05) is 19.1 Å². The Balaban J connectivity index is 2.06. The molecule has 0 bridgehead atoms. The number of rotatable bonds is 9. The molecule has 2 aromatic rings. The predicted molar refractivity (Wildman–Crippen MR) is 122 cm³/mol. The topological polar surface area (TPSA) is 105 Å². The first-order valence-corrected chi connectivity index (χ1v) is 11.8. The van der Waals surface area contributed by atoms with Gasteiger partial charge in [0.15, 0.2) is 6.10 Å². The molecule has 31 heavy (non-hydrogen) atoms. The van der Waals surface area contributed by atoms with Gasteiger partial charge in [0.2, 0.25) is 10.0 Å². The first-order valence-electron chi connectivity index (χ1n) is 9.94. The molecule has 0 heterocycles. The Hall–Kier alpha value is -3.07. The van der Waals surface area contributed by atoms with Crippen LogP contribution in [-0.2, 0) is 14.8 Å². The summed E-state index contributed by atoms with van der Waals surface area (Å²) in [5.41, 5.74) is 1.25. The van der Waals surface area contributed by atoms with Gasteiger partial charge >= 0.3 is 0 Å². The minimum atomic E-state index is -3.36. The van der Waals surface area contributed by atoms with E-state index in [2.05, 4.69) is 10.6 Å². The Labute approximate surface area is 183 Å². The number of sulfonamides is 1. The van der Waals surface area contributed by atoms with Crippen molar-refractivity contribution < 1.29 is 22.7 Å². The number of nitrogens with one attached hydrogen (secondary N) is 2. The smallest absolute Gasteiger partial charge is 0.265 e. The monoisotopic (exact) mass is 447 g/mol. The van der Waals surface area contributed by atoms with Gasteiger partial charge in [0.25, 0.3) is 11.8 Å². The summed E-state index contributed by atoms with van der Waals surface area (Å²) in [5, 5.41) is 5.63. The van der Waals surface area contributed by atoms with Crippen LogP contribution >= 0.6 is 0 Å². The van der Waals surface area contributed by atoms with Crippen molar-refractivity contribution >= 4 is 33.2 Å². The minimum absolute atomic E-state index is 0.0169. The van der Waals surface area contributed by atoms with E-state index in [0.717, 1.165) is 17.0 Å². The maximum absolute atomic E-state index is 12.6. The van der Waals surface area contributed by atoms with E-state index in [4.69, 9.17) is 4.74 Å². The zero-order chi connectivity index (χ0) is 23.2. The maximum atomic E-state index is 12.6. The summed E-state index contributed by atoms with van der Waals surface area (Å²) < 4.78 is 30.1. The van der Waals surface area contributed by atoms with Crippen molar-refractivity contribution in [1.29, 1.82) is 0 Å². The van der Waals surface area contributed by atoms with Gasteiger partial charge in [-0.3, -0.25) is 13.9 Å². The van der Waals surface area contributed by atoms with E-state index in [1.165, 1.54) is 7.05 Å². The van der Waals surface area contributed by atoms with Crippen molar-refractivity contribution in [2.24, 2.45) is 0 Å². The second-order valence-corrected chi connectivity index (χ2v) is 9.32. The average Bonchev–Trinajstić information content (AvgIpc) is 2.73. The number of hydrogen-bond acceptors (Lipinski definition) is 5. The Bertz CT molecular complexity index is 1020. The molecule has 0 fully saturated rings. The summed E-state index contributed by atoms with van der Waals surface area (Å²) in [7, 11) is -1.91. The molecule has 8 nitrogen and oxygen atoms in total. The number of carbonyl (C=O) groups excluding carboxylic acids is 2. The fourth-order valence-electron chi connectivity index (χ4n) is 2.61. The van der Waals surface area contributed by atoms with Crippen LogP contribution < -0.4 is 19.7 Å². The van der Waals surface area contributed by atoms with E-state index >= 15 is 0 Å². The zero-order valence-corrected chi connectivity index (χ0v) is 19.2. The number of amides is 2. The third-order valence-corrected chi connectivity index (χ3v) is 6.01. The van der Waals surface area contributed by atoms with E-state index in [0.29, 0.717) is 22.7 Å². The summed E-state index contributed by atoms with van der Waals surface area (Å²) in [5.74, 6) is -0.262. The van der Waals surface area contributed by atoms with Gasteiger partial charge in [-0.2, -0.15) is 0 Å². The van der Waals surface area contributed by atoms with Crippen molar-refractivity contribution in [3.05, 3.63) is 54.1 Å². The van der Waals surface area contributed by atoms with Gasteiger partial charge in [0.05, 0.1) is 23.2 Å². The Morgan fingerprint density at radius 1 is 1.06 bits per heavy atom. The first kappa shape index (κ1) is 24.2. The molecule has 0 aliphatic carbocycles. The van der Waals surface area contributed by atoms with E-state index in [1.54, 1.807) is 55.5 Å². The van der Waals surface area contributed by atoms with Gasteiger partial charge in [0, 0.05) is 13.1 Å². The number of nitrogens with zero attached hydrogens (tertiary/aromatic N) is 1. The number of carbonyl (C=O) groups is 2. The van der Waals surface area contributed by atoms with Crippen LogP contribution in [0.3, 0.4) is 0 Å². The third-order valence-electron chi connectivity index (χ3n) is 4.80. The molecule has 2 N–H and O–H groups in total. The molecule has 2 amide bonds. The van der Waals surface area contributed by atoms with Gasteiger partial charge in [-0.15, -0.1) is 0 Å². The largest absolute Gasteiger partial charge is 0.481 e. The molecule has 9 heteroatoms. The van der Waals surface area contributed by atoms with Crippen molar-refractivity contribution in [1.82, 2.24) is 5.32 Å². The molecule has 0 spiro atoms. The molecule has 0 aliphatic rings. The van der Waals surface area contributed by atoms with Crippen LogP contribution in [0.15, 0.2) is 48.5 Å². The van der Waals surface area contributed by atoms with Gasteiger partial charge < -0.3 is 15.4 Å². The van der Waals surface area contributed by atoms with Gasteiger partial charge in [-0.25, -0.2) is 8.42 Å². The summed E-state index contributed by atoms with van der Waals surface area (Å²) in [6.07, 6.45) is 1.07. The second kappa shape index (κ2) is 10.3. The molecular formula is C22H29N3O5S. The normalized spacial score (nSPS) is 13.1. The molecule has 0 saturated heterocycles. The standard InChI is InChI=1S/C22H29N3O5S/c1-6-15(2)23-22(27)19-9-7-8-10-20(19)24-21(26)16(3)30-18-13-11-17(12-14-18)25(4)31(5,28)29/h7-16H,6H2,1-5H3,(H,23,27)(H,24,26)/t15-,16-/m0/s1. The summed E-state index contributed by atoms with van der Waals surface area (Å²) in [6, 6.07) is 13.2. The fourth-order valence-corrected chi connectivity index (χ4v) is 3.12. The van der Waals surface area contributed by atoms with Crippen LogP contribution in [0.1, 0.15) is 37.6 Å². The zero-order valence-electron chi connectivity index (χ0n) is 18.4. The molecular weight excluding hydrogens is 418 g/mol. The highest BCUT2D eigenvalue weighted by Gasteiger charge is 2.19. The van der Waals surface area contributed by atoms with Crippen molar-refractivity contribution in [3.8, 4) is 5.75 Å². The molecule has 2 atom stereocenters. The Morgan fingerprint density at radius 3 is 2.26 bits per heavy atom. The number of ether oxygens (including phenoxy) is 1. The molecule has 2 aromatic carbocycles. The third kappa shape index (κ3) is 6.71. The maximum Gasteiger partial charge on any atom is 0.265 e. The highest BCUT2D eigenvalue weighted by atomic mass is 32.2. The van der Waals surface area contributed by atoms with Crippen LogP contribution in [0, 0.1) is 0 Å². The number of hydrogen-bond donors (Lipinski definition) is 2. The molecule has 0 radical (unpaired) electrons. The van der Waals surface area contributed by atoms with Crippen molar-refractivity contribution in [2.75, 3.05) is 22.9 Å². The lowest BCUT2D eigenvalue weighted by Crippen LogP contribution is -2.34. The minimum Gasteiger partial charge on any atom is -0.481 e. The fraction of sp³-hybridized carbons (Fsp3) is 0.364. The lowest BCUT2D eigenvalue weighted by Gasteiger charge is -2.19.